The summed E-state index contributed by atoms with van der Waals surface area (Å²) in [6, 6.07) is 20.3. The van der Waals surface area contributed by atoms with Gasteiger partial charge in [-0.05, 0) is 61.0 Å². The van der Waals surface area contributed by atoms with Crippen LogP contribution in [0, 0.1) is 0 Å². The first kappa shape index (κ1) is 20.6. The van der Waals surface area contributed by atoms with Gasteiger partial charge in [0.05, 0.1) is 33.0 Å². The van der Waals surface area contributed by atoms with Crippen LogP contribution in [-0.2, 0) is 11.0 Å². The second kappa shape index (κ2) is 8.68. The van der Waals surface area contributed by atoms with Crippen LogP contribution in [0.5, 0.6) is 0 Å². The van der Waals surface area contributed by atoms with Crippen molar-refractivity contribution in [2.45, 2.75) is 6.42 Å². The maximum atomic E-state index is 12.9. The Balaban J connectivity index is 1.37. The summed E-state index contributed by atoms with van der Waals surface area (Å²) >= 11 is 6.40. The number of nitrogens with zero attached hydrogens (tertiary/aromatic N) is 3. The number of carbonyl (C=O) groups excluding carboxylic acids is 1. The summed E-state index contributed by atoms with van der Waals surface area (Å²) in [6.07, 6.45) is 2.62. The number of amides is 1. The van der Waals surface area contributed by atoms with Gasteiger partial charge in [0.25, 0.3) is 5.91 Å². The quantitative estimate of drug-likeness (QED) is 0.459. The molecule has 8 heteroatoms. The highest BCUT2D eigenvalue weighted by Crippen LogP contribution is 2.28. The highest BCUT2D eigenvalue weighted by atomic mass is 35.5. The Morgan fingerprint density at radius 3 is 2.75 bits per heavy atom. The lowest BCUT2D eigenvalue weighted by Crippen LogP contribution is -2.20. The highest BCUT2D eigenvalue weighted by Gasteiger charge is 2.22. The fourth-order valence-electron chi connectivity index (χ4n) is 3.71. The van der Waals surface area contributed by atoms with Gasteiger partial charge in [0, 0.05) is 29.7 Å². The van der Waals surface area contributed by atoms with Crippen LogP contribution in [0.25, 0.3) is 22.3 Å². The molecular weight excluding hydrogens is 444 g/mol. The fraction of sp³-hybridized carbons (Fsp3) is 0.125. The van der Waals surface area contributed by atoms with Crippen molar-refractivity contribution in [3.63, 3.8) is 0 Å². The molecule has 0 aliphatic carbocycles. The monoisotopic (exact) mass is 462 g/mol. The van der Waals surface area contributed by atoms with Gasteiger partial charge >= 0.3 is 0 Å². The Labute approximate surface area is 192 Å². The number of benzene rings is 2. The molecule has 0 saturated carbocycles. The third kappa shape index (κ3) is 4.09. The summed E-state index contributed by atoms with van der Waals surface area (Å²) in [6.45, 7) is 0.722. The van der Waals surface area contributed by atoms with Gasteiger partial charge in [0.2, 0.25) is 0 Å². The molecular formula is C24H19ClN4O2S. The molecule has 0 radical (unpaired) electrons. The lowest BCUT2D eigenvalue weighted by Gasteiger charge is -2.17. The summed E-state index contributed by atoms with van der Waals surface area (Å²) in [4.78, 5) is 21.8. The van der Waals surface area contributed by atoms with E-state index in [0.717, 1.165) is 40.9 Å². The van der Waals surface area contributed by atoms with Crippen molar-refractivity contribution in [3.8, 4) is 11.3 Å². The van der Waals surface area contributed by atoms with Crippen LogP contribution in [-0.4, -0.2) is 32.4 Å². The summed E-state index contributed by atoms with van der Waals surface area (Å²) < 4.78 is 13.9. The number of nitrogens with one attached hydrogen (secondary N) is 1. The van der Waals surface area contributed by atoms with Crippen molar-refractivity contribution in [1.29, 1.82) is 0 Å². The second-order valence-electron chi connectivity index (χ2n) is 7.42. The fourth-order valence-corrected chi connectivity index (χ4v) is 5.24. The number of fused-ring (bicyclic) bond motifs is 1. The maximum absolute atomic E-state index is 12.9. The van der Waals surface area contributed by atoms with Gasteiger partial charge in [-0.1, -0.05) is 23.7 Å². The average molecular weight is 463 g/mol. The average Bonchev–Trinajstić information content (AvgIpc) is 3.24. The molecule has 5 rings (SSSR count). The van der Waals surface area contributed by atoms with E-state index in [9.17, 15) is 9.00 Å². The molecule has 1 N–H and O–H groups in total. The van der Waals surface area contributed by atoms with Crippen molar-refractivity contribution in [3.05, 3.63) is 83.5 Å². The van der Waals surface area contributed by atoms with Gasteiger partial charge in [-0.15, -0.1) is 0 Å². The number of anilines is 2. The molecule has 1 atom stereocenters. The molecule has 32 heavy (non-hydrogen) atoms. The first-order chi connectivity index (χ1) is 15.6. The standard InChI is InChI=1S/C24H19ClN4O2S/c25-20-15-18(29-12-3-13-32(29)31)7-8-19(20)24(30)27-17-5-1-4-16(14-17)21-9-10-22-23(28-21)6-2-11-26-22/h1-2,4-11,14-15H,3,12-13H2,(H,27,30). The van der Waals surface area contributed by atoms with E-state index in [1.54, 1.807) is 24.4 Å². The number of hydrogen-bond acceptors (Lipinski definition) is 4. The SMILES string of the molecule is O=C(Nc1cccc(-c2ccc3ncccc3n2)c1)c1ccc(N2CCCS2=O)cc1Cl. The van der Waals surface area contributed by atoms with Crippen LogP contribution >= 0.6 is 11.6 Å². The Bertz CT molecular complexity index is 1360. The molecule has 1 aliphatic rings. The van der Waals surface area contributed by atoms with E-state index in [1.807, 2.05) is 52.8 Å². The molecule has 0 bridgehead atoms. The van der Waals surface area contributed by atoms with E-state index in [0.29, 0.717) is 22.0 Å². The van der Waals surface area contributed by atoms with Gasteiger partial charge in [-0.25, -0.2) is 9.19 Å². The summed E-state index contributed by atoms with van der Waals surface area (Å²) in [5.74, 6) is 0.343. The molecule has 2 aromatic heterocycles. The van der Waals surface area contributed by atoms with Gasteiger partial charge in [-0.2, -0.15) is 0 Å². The third-order valence-corrected chi connectivity index (χ3v) is 7.12. The van der Waals surface area contributed by atoms with Gasteiger partial charge in [0.1, 0.15) is 11.0 Å². The van der Waals surface area contributed by atoms with Gasteiger partial charge in [0.15, 0.2) is 0 Å². The number of rotatable bonds is 4. The topological polar surface area (TPSA) is 75.2 Å². The first-order valence-corrected chi connectivity index (χ1v) is 11.8. The molecule has 1 amide bonds. The lowest BCUT2D eigenvalue weighted by molar-refractivity contribution is 0.102. The maximum Gasteiger partial charge on any atom is 0.257 e. The molecule has 1 unspecified atom stereocenters. The van der Waals surface area contributed by atoms with Crippen LogP contribution < -0.4 is 9.62 Å². The zero-order valence-electron chi connectivity index (χ0n) is 17.0. The molecule has 160 valence electrons. The number of pyridine rings is 2. The zero-order valence-corrected chi connectivity index (χ0v) is 18.6. The molecule has 3 heterocycles. The Kier molecular flexibility index (Phi) is 5.59. The predicted molar refractivity (Wildman–Crippen MR) is 129 cm³/mol. The van der Waals surface area contributed by atoms with Gasteiger partial charge < -0.3 is 5.32 Å². The molecule has 0 spiro atoms. The smallest absolute Gasteiger partial charge is 0.257 e. The van der Waals surface area contributed by atoms with Crippen LogP contribution in [0.1, 0.15) is 16.8 Å². The predicted octanol–water partition coefficient (Wildman–Crippen LogP) is 5.08. The highest BCUT2D eigenvalue weighted by molar-refractivity contribution is 7.86. The van der Waals surface area contributed by atoms with E-state index >= 15 is 0 Å². The first-order valence-electron chi connectivity index (χ1n) is 10.2. The van der Waals surface area contributed by atoms with Crippen LogP contribution in [0.15, 0.2) is 72.9 Å². The van der Waals surface area contributed by atoms with Crippen molar-refractivity contribution in [2.24, 2.45) is 0 Å². The number of carbonyl (C=O) groups is 1. The van der Waals surface area contributed by atoms with Crippen LogP contribution in [0.4, 0.5) is 11.4 Å². The van der Waals surface area contributed by atoms with Crippen LogP contribution in [0.2, 0.25) is 5.02 Å². The summed E-state index contributed by atoms with van der Waals surface area (Å²) in [5.41, 5.74) is 5.08. The molecule has 1 aliphatic heterocycles. The van der Waals surface area contributed by atoms with E-state index < -0.39 is 11.0 Å². The lowest BCUT2D eigenvalue weighted by atomic mass is 10.1. The molecule has 4 aromatic rings. The number of hydrogen-bond donors (Lipinski definition) is 1. The molecule has 1 fully saturated rings. The molecule has 2 aromatic carbocycles. The second-order valence-corrected chi connectivity index (χ2v) is 9.32. The van der Waals surface area contributed by atoms with E-state index in [4.69, 9.17) is 11.6 Å². The summed E-state index contributed by atoms with van der Waals surface area (Å²) in [7, 11) is -1.03. The van der Waals surface area contributed by atoms with E-state index in [1.165, 1.54) is 0 Å². The third-order valence-electron chi connectivity index (χ3n) is 5.28. The Hall–Kier alpha value is -3.29. The molecule has 6 nitrogen and oxygen atoms in total. The Morgan fingerprint density at radius 1 is 1.03 bits per heavy atom. The van der Waals surface area contributed by atoms with Crippen molar-refractivity contribution in [1.82, 2.24) is 9.97 Å². The Morgan fingerprint density at radius 2 is 1.94 bits per heavy atom. The van der Waals surface area contributed by atoms with Crippen molar-refractivity contribution in [2.75, 3.05) is 21.9 Å². The zero-order chi connectivity index (χ0) is 22.1. The minimum atomic E-state index is -1.03. The number of halogens is 1. The van der Waals surface area contributed by atoms with E-state index in [2.05, 4.69) is 15.3 Å². The van der Waals surface area contributed by atoms with E-state index in [-0.39, 0.29) is 5.91 Å². The largest absolute Gasteiger partial charge is 0.322 e. The normalized spacial score (nSPS) is 15.8. The minimum absolute atomic E-state index is 0.308. The van der Waals surface area contributed by atoms with Gasteiger partial charge in [-0.3, -0.25) is 14.1 Å². The van der Waals surface area contributed by atoms with Crippen LogP contribution in [0.3, 0.4) is 0 Å². The number of aromatic nitrogens is 2. The van der Waals surface area contributed by atoms with Crippen molar-refractivity contribution >= 4 is 50.9 Å². The van der Waals surface area contributed by atoms with Crippen molar-refractivity contribution < 1.29 is 9.00 Å². The molecule has 1 saturated heterocycles. The summed E-state index contributed by atoms with van der Waals surface area (Å²) in [5, 5.41) is 3.23. The minimum Gasteiger partial charge on any atom is -0.322 e.